The summed E-state index contributed by atoms with van der Waals surface area (Å²) < 4.78 is 7.15. The second-order valence-electron chi connectivity index (χ2n) is 4.84. The molecule has 0 saturated carbocycles. The highest BCUT2D eigenvalue weighted by Crippen LogP contribution is 2.22. The Morgan fingerprint density at radius 1 is 1.39 bits per heavy atom. The molecule has 2 atom stereocenters. The van der Waals surface area contributed by atoms with Gasteiger partial charge in [-0.05, 0) is 20.8 Å². The Kier molecular flexibility index (Phi) is 3.64. The lowest BCUT2D eigenvalue weighted by Gasteiger charge is -2.35. The van der Waals surface area contributed by atoms with Gasteiger partial charge in [0.05, 0.1) is 23.5 Å². The van der Waals surface area contributed by atoms with Gasteiger partial charge in [0, 0.05) is 20.1 Å². The molecule has 0 N–H and O–H groups in total. The highest BCUT2D eigenvalue weighted by atomic mass is 35.5. The number of morpholine rings is 1. The van der Waals surface area contributed by atoms with Gasteiger partial charge in [-0.2, -0.15) is 5.10 Å². The Morgan fingerprint density at radius 3 is 2.39 bits per heavy atom. The lowest BCUT2D eigenvalue weighted by molar-refractivity contribution is -0.0586. The van der Waals surface area contributed by atoms with Crippen molar-refractivity contribution in [3.63, 3.8) is 0 Å². The van der Waals surface area contributed by atoms with E-state index in [0.29, 0.717) is 29.5 Å². The van der Waals surface area contributed by atoms with Crippen LogP contribution < -0.4 is 0 Å². The molecular formula is C12H18ClN3O2. The van der Waals surface area contributed by atoms with E-state index < -0.39 is 0 Å². The summed E-state index contributed by atoms with van der Waals surface area (Å²) in [6.07, 6.45) is 0.0990. The van der Waals surface area contributed by atoms with Crippen molar-refractivity contribution >= 4 is 17.5 Å². The maximum atomic E-state index is 12.5. The third kappa shape index (κ3) is 2.37. The minimum Gasteiger partial charge on any atom is -0.372 e. The summed E-state index contributed by atoms with van der Waals surface area (Å²) in [6, 6.07) is 0. The number of hydrogen-bond donors (Lipinski definition) is 0. The summed E-state index contributed by atoms with van der Waals surface area (Å²) in [5, 5.41) is 4.56. The summed E-state index contributed by atoms with van der Waals surface area (Å²) in [7, 11) is 1.73. The van der Waals surface area contributed by atoms with E-state index in [2.05, 4.69) is 5.10 Å². The number of amides is 1. The summed E-state index contributed by atoms with van der Waals surface area (Å²) in [4.78, 5) is 14.3. The number of carbonyl (C=O) groups excluding carboxylic acids is 1. The summed E-state index contributed by atoms with van der Waals surface area (Å²) >= 11 is 6.12. The number of halogens is 1. The van der Waals surface area contributed by atoms with E-state index >= 15 is 0 Å². The number of aromatic nitrogens is 2. The minimum atomic E-state index is -0.0624. The van der Waals surface area contributed by atoms with Crippen LogP contribution in [0.2, 0.25) is 5.15 Å². The molecule has 0 radical (unpaired) electrons. The molecule has 1 saturated heterocycles. The SMILES string of the molecule is Cc1nn(C)c(Cl)c1C(=O)N1C[C@@H](C)O[C@H](C)C1. The molecule has 0 aliphatic carbocycles. The van der Waals surface area contributed by atoms with Gasteiger partial charge in [0.25, 0.3) is 5.91 Å². The molecule has 1 aliphatic heterocycles. The second-order valence-corrected chi connectivity index (χ2v) is 5.20. The average molecular weight is 272 g/mol. The maximum absolute atomic E-state index is 12.5. The topological polar surface area (TPSA) is 47.4 Å². The van der Waals surface area contributed by atoms with E-state index in [1.165, 1.54) is 4.68 Å². The van der Waals surface area contributed by atoms with Crippen LogP contribution in [-0.2, 0) is 11.8 Å². The van der Waals surface area contributed by atoms with Gasteiger partial charge in [0.15, 0.2) is 0 Å². The second kappa shape index (κ2) is 4.90. The van der Waals surface area contributed by atoms with E-state index in [1.54, 1.807) is 18.9 Å². The third-order valence-electron chi connectivity index (χ3n) is 3.07. The van der Waals surface area contributed by atoms with Gasteiger partial charge in [-0.15, -0.1) is 0 Å². The number of aryl methyl sites for hydroxylation is 2. The molecular weight excluding hydrogens is 254 g/mol. The Bertz CT molecular complexity index is 462. The molecule has 0 aromatic carbocycles. The van der Waals surface area contributed by atoms with Gasteiger partial charge in [0.1, 0.15) is 5.15 Å². The van der Waals surface area contributed by atoms with Crippen LogP contribution >= 0.6 is 11.6 Å². The van der Waals surface area contributed by atoms with Crippen molar-refractivity contribution in [2.24, 2.45) is 7.05 Å². The highest BCUT2D eigenvalue weighted by Gasteiger charge is 2.30. The molecule has 0 spiro atoms. The molecule has 1 amide bonds. The number of rotatable bonds is 1. The van der Waals surface area contributed by atoms with Crippen LogP contribution in [0.15, 0.2) is 0 Å². The number of hydrogen-bond acceptors (Lipinski definition) is 3. The van der Waals surface area contributed by atoms with Crippen LogP contribution in [0.3, 0.4) is 0 Å². The van der Waals surface area contributed by atoms with Gasteiger partial charge in [-0.3, -0.25) is 9.48 Å². The largest absolute Gasteiger partial charge is 0.372 e. The third-order valence-corrected chi connectivity index (χ3v) is 3.51. The number of nitrogens with zero attached hydrogens (tertiary/aromatic N) is 3. The molecule has 6 heteroatoms. The lowest BCUT2D eigenvalue weighted by atomic mass is 10.1. The van der Waals surface area contributed by atoms with E-state index in [1.807, 2.05) is 13.8 Å². The fraction of sp³-hybridized carbons (Fsp3) is 0.667. The van der Waals surface area contributed by atoms with Crippen molar-refractivity contribution < 1.29 is 9.53 Å². The molecule has 18 heavy (non-hydrogen) atoms. The summed E-state index contributed by atoms with van der Waals surface area (Å²) in [5.41, 5.74) is 1.17. The smallest absolute Gasteiger partial charge is 0.259 e. The fourth-order valence-corrected chi connectivity index (χ4v) is 2.63. The molecule has 1 aromatic heterocycles. The number of carbonyl (C=O) groups is 1. The van der Waals surface area contributed by atoms with Crippen LogP contribution in [0.1, 0.15) is 29.9 Å². The first-order valence-corrected chi connectivity index (χ1v) is 6.41. The van der Waals surface area contributed by atoms with Crippen LogP contribution in [0.25, 0.3) is 0 Å². The van der Waals surface area contributed by atoms with Crippen molar-refractivity contribution in [3.05, 3.63) is 16.4 Å². The van der Waals surface area contributed by atoms with E-state index in [-0.39, 0.29) is 18.1 Å². The molecule has 2 heterocycles. The first-order chi connectivity index (χ1) is 8.40. The molecule has 0 bridgehead atoms. The van der Waals surface area contributed by atoms with Gasteiger partial charge < -0.3 is 9.64 Å². The van der Waals surface area contributed by atoms with Crippen LogP contribution in [-0.4, -0.2) is 45.9 Å². The van der Waals surface area contributed by atoms with E-state index in [9.17, 15) is 4.79 Å². The van der Waals surface area contributed by atoms with Crippen molar-refractivity contribution in [2.45, 2.75) is 33.0 Å². The predicted molar refractivity (Wildman–Crippen MR) is 68.9 cm³/mol. The maximum Gasteiger partial charge on any atom is 0.259 e. The van der Waals surface area contributed by atoms with E-state index in [4.69, 9.17) is 16.3 Å². The zero-order valence-corrected chi connectivity index (χ0v) is 11.9. The summed E-state index contributed by atoms with van der Waals surface area (Å²) in [6.45, 7) is 6.91. The molecule has 0 unspecified atom stereocenters. The molecule has 2 rings (SSSR count). The lowest BCUT2D eigenvalue weighted by Crippen LogP contribution is -2.48. The molecule has 1 fully saturated rings. The van der Waals surface area contributed by atoms with Gasteiger partial charge in [-0.25, -0.2) is 0 Å². The fourth-order valence-electron chi connectivity index (χ4n) is 2.37. The minimum absolute atomic E-state index is 0.0495. The summed E-state index contributed by atoms with van der Waals surface area (Å²) in [5.74, 6) is -0.0624. The zero-order valence-electron chi connectivity index (χ0n) is 11.1. The van der Waals surface area contributed by atoms with Crippen LogP contribution in [0.4, 0.5) is 0 Å². The Balaban J connectivity index is 2.25. The molecule has 100 valence electrons. The van der Waals surface area contributed by atoms with Crippen LogP contribution in [0, 0.1) is 6.92 Å². The standard InChI is InChI=1S/C12H18ClN3O2/c1-7-5-16(6-8(2)18-7)12(17)10-9(3)14-15(4)11(10)13/h7-8H,5-6H2,1-4H3/t7-,8-/m1/s1. The highest BCUT2D eigenvalue weighted by molar-refractivity contribution is 6.33. The predicted octanol–water partition coefficient (Wildman–Crippen LogP) is 1.63. The zero-order chi connectivity index (χ0) is 13.4. The average Bonchev–Trinajstić information content (AvgIpc) is 2.51. The molecule has 5 nitrogen and oxygen atoms in total. The van der Waals surface area contributed by atoms with Crippen molar-refractivity contribution in [3.8, 4) is 0 Å². The quantitative estimate of drug-likeness (QED) is 0.780. The number of ether oxygens (including phenoxy) is 1. The van der Waals surface area contributed by atoms with Gasteiger partial charge in [0.2, 0.25) is 0 Å². The monoisotopic (exact) mass is 271 g/mol. The van der Waals surface area contributed by atoms with Crippen molar-refractivity contribution in [1.82, 2.24) is 14.7 Å². The first-order valence-electron chi connectivity index (χ1n) is 6.04. The Morgan fingerprint density at radius 2 is 1.94 bits per heavy atom. The molecule has 1 aliphatic rings. The van der Waals surface area contributed by atoms with Gasteiger partial charge >= 0.3 is 0 Å². The van der Waals surface area contributed by atoms with Crippen molar-refractivity contribution in [1.29, 1.82) is 0 Å². The van der Waals surface area contributed by atoms with Gasteiger partial charge in [-0.1, -0.05) is 11.6 Å². The van der Waals surface area contributed by atoms with Crippen LogP contribution in [0.5, 0.6) is 0 Å². The van der Waals surface area contributed by atoms with E-state index in [0.717, 1.165) is 0 Å². The Hall–Kier alpha value is -1.07. The Labute approximate surface area is 112 Å². The first kappa shape index (κ1) is 13.4. The van der Waals surface area contributed by atoms with Crippen molar-refractivity contribution in [2.75, 3.05) is 13.1 Å². The normalized spacial score (nSPS) is 24.4. The molecule has 1 aromatic rings.